The molecule has 112 valence electrons. The summed E-state index contributed by atoms with van der Waals surface area (Å²) in [5, 5.41) is 22.4. The minimum Gasteiger partial charge on any atom is -0.508 e. The highest BCUT2D eigenvalue weighted by Gasteiger charge is 2.20. The third-order valence-electron chi connectivity index (χ3n) is 4.34. The number of aliphatic hydroxyl groups excluding tert-OH is 1. The molecule has 4 nitrogen and oxygen atoms in total. The fraction of sp³-hybridized carbons (Fsp3) is 0.625. The smallest absolute Gasteiger partial charge is 0.122 e. The Hall–Kier alpha value is -1.26. The van der Waals surface area contributed by atoms with E-state index in [9.17, 15) is 5.11 Å². The van der Waals surface area contributed by atoms with Crippen LogP contribution in [0.25, 0.3) is 0 Å². The number of nitrogens with one attached hydrogen (secondary N) is 1. The molecule has 2 unspecified atom stereocenters. The lowest BCUT2D eigenvalue weighted by Gasteiger charge is -2.34. The van der Waals surface area contributed by atoms with E-state index in [-0.39, 0.29) is 12.6 Å². The Morgan fingerprint density at radius 1 is 1.45 bits per heavy atom. The Kier molecular flexibility index (Phi) is 5.26. The van der Waals surface area contributed by atoms with Gasteiger partial charge in [-0.05, 0) is 45.2 Å². The molecule has 1 heterocycles. The highest BCUT2D eigenvalue weighted by Crippen LogP contribution is 2.31. The van der Waals surface area contributed by atoms with Crippen molar-refractivity contribution in [1.29, 1.82) is 0 Å². The van der Waals surface area contributed by atoms with Crippen molar-refractivity contribution in [1.82, 2.24) is 5.32 Å². The van der Waals surface area contributed by atoms with Crippen molar-refractivity contribution in [3.63, 3.8) is 0 Å². The molecule has 0 radical (unpaired) electrons. The first-order valence-corrected chi connectivity index (χ1v) is 7.51. The van der Waals surface area contributed by atoms with Gasteiger partial charge in [0, 0.05) is 43.1 Å². The molecule has 1 aliphatic rings. The maximum Gasteiger partial charge on any atom is 0.122 e. The maximum atomic E-state index is 10.2. The molecule has 2 rings (SSSR count). The van der Waals surface area contributed by atoms with Crippen molar-refractivity contribution in [3.8, 4) is 5.75 Å². The summed E-state index contributed by atoms with van der Waals surface area (Å²) >= 11 is 0. The molecule has 4 heteroatoms. The fourth-order valence-corrected chi connectivity index (χ4v) is 2.97. The Bertz CT molecular complexity index is 434. The number of hydrogen-bond acceptors (Lipinski definition) is 4. The highest BCUT2D eigenvalue weighted by atomic mass is 16.3. The molecule has 0 aliphatic carbocycles. The first-order chi connectivity index (χ1) is 9.65. The topological polar surface area (TPSA) is 55.7 Å². The zero-order valence-electron chi connectivity index (χ0n) is 12.5. The van der Waals surface area contributed by atoms with E-state index in [0.29, 0.717) is 11.7 Å². The first-order valence-electron chi connectivity index (χ1n) is 7.51. The van der Waals surface area contributed by atoms with E-state index >= 15 is 0 Å². The van der Waals surface area contributed by atoms with Crippen molar-refractivity contribution in [2.45, 2.75) is 32.2 Å². The van der Waals surface area contributed by atoms with Crippen LogP contribution in [0.5, 0.6) is 5.75 Å². The molecule has 0 saturated carbocycles. The molecule has 2 atom stereocenters. The van der Waals surface area contributed by atoms with Gasteiger partial charge in [-0.15, -0.1) is 0 Å². The number of phenolic OH excluding ortho intramolecular Hbond substituents is 1. The number of hydrogen-bond donors (Lipinski definition) is 3. The second-order valence-electron chi connectivity index (χ2n) is 5.72. The van der Waals surface area contributed by atoms with E-state index in [1.165, 1.54) is 6.42 Å². The van der Waals surface area contributed by atoms with Crippen molar-refractivity contribution >= 4 is 5.69 Å². The molecule has 0 spiro atoms. The van der Waals surface area contributed by atoms with Gasteiger partial charge in [-0.2, -0.15) is 0 Å². The SMILES string of the molecule is CNC(C)c1ccc(N2CCCC(CCO)C2)cc1O. The van der Waals surface area contributed by atoms with Gasteiger partial charge in [0.25, 0.3) is 0 Å². The van der Waals surface area contributed by atoms with E-state index in [1.807, 2.05) is 26.1 Å². The van der Waals surface area contributed by atoms with E-state index in [4.69, 9.17) is 5.11 Å². The molecule has 20 heavy (non-hydrogen) atoms. The average Bonchev–Trinajstić information content (AvgIpc) is 2.47. The Morgan fingerprint density at radius 3 is 2.90 bits per heavy atom. The molecule has 1 aromatic carbocycles. The molecule has 0 aromatic heterocycles. The lowest BCUT2D eigenvalue weighted by atomic mass is 9.94. The average molecular weight is 278 g/mol. The molecule has 0 bridgehead atoms. The third-order valence-corrected chi connectivity index (χ3v) is 4.34. The predicted octanol–water partition coefficient (Wildman–Crippen LogP) is 2.27. The second kappa shape index (κ2) is 6.95. The van der Waals surface area contributed by atoms with Gasteiger partial charge in [0.15, 0.2) is 0 Å². The summed E-state index contributed by atoms with van der Waals surface area (Å²) in [4.78, 5) is 2.32. The van der Waals surface area contributed by atoms with Crippen LogP contribution in [0, 0.1) is 5.92 Å². The van der Waals surface area contributed by atoms with Crippen molar-refractivity contribution < 1.29 is 10.2 Å². The molecule has 0 amide bonds. The number of aliphatic hydroxyl groups is 1. The number of rotatable bonds is 5. The normalized spacial score (nSPS) is 20.9. The first kappa shape index (κ1) is 15.1. The molecule has 1 aliphatic heterocycles. The third kappa shape index (κ3) is 3.44. The van der Waals surface area contributed by atoms with E-state index in [1.54, 1.807) is 0 Å². The molecular weight excluding hydrogens is 252 g/mol. The summed E-state index contributed by atoms with van der Waals surface area (Å²) in [6, 6.07) is 6.10. The zero-order valence-corrected chi connectivity index (χ0v) is 12.5. The highest BCUT2D eigenvalue weighted by molar-refractivity contribution is 5.54. The largest absolute Gasteiger partial charge is 0.508 e. The molecule has 3 N–H and O–H groups in total. The summed E-state index contributed by atoms with van der Waals surface area (Å²) in [6.45, 7) is 4.30. The molecule has 1 aromatic rings. The van der Waals surface area contributed by atoms with Crippen LogP contribution in [-0.2, 0) is 0 Å². The lowest BCUT2D eigenvalue weighted by Crippen LogP contribution is -2.35. The standard InChI is InChI=1S/C16H26N2O2/c1-12(17-2)15-6-5-14(10-16(15)20)18-8-3-4-13(11-18)7-9-19/h5-6,10,12-13,17,19-20H,3-4,7-9,11H2,1-2H3. The predicted molar refractivity (Wildman–Crippen MR) is 82.2 cm³/mol. The minimum atomic E-state index is 0.146. The van der Waals surface area contributed by atoms with Crippen LogP contribution in [0.4, 0.5) is 5.69 Å². The number of anilines is 1. The Morgan fingerprint density at radius 2 is 2.25 bits per heavy atom. The van der Waals surface area contributed by atoms with Crippen LogP contribution in [0.2, 0.25) is 0 Å². The zero-order chi connectivity index (χ0) is 14.5. The number of aromatic hydroxyl groups is 1. The number of phenols is 1. The quantitative estimate of drug-likeness (QED) is 0.773. The summed E-state index contributed by atoms with van der Waals surface area (Å²) in [5.41, 5.74) is 2.01. The van der Waals surface area contributed by atoms with Gasteiger partial charge in [0.2, 0.25) is 0 Å². The summed E-state index contributed by atoms with van der Waals surface area (Å²) < 4.78 is 0. The number of piperidine rings is 1. The van der Waals surface area contributed by atoms with Crippen LogP contribution >= 0.6 is 0 Å². The van der Waals surface area contributed by atoms with Gasteiger partial charge in [-0.25, -0.2) is 0 Å². The second-order valence-corrected chi connectivity index (χ2v) is 5.72. The molecule has 1 saturated heterocycles. The fourth-order valence-electron chi connectivity index (χ4n) is 2.97. The Balaban J connectivity index is 2.10. The summed E-state index contributed by atoms with van der Waals surface area (Å²) in [6.07, 6.45) is 3.22. The van der Waals surface area contributed by atoms with Gasteiger partial charge < -0.3 is 20.4 Å². The summed E-state index contributed by atoms with van der Waals surface area (Å²) in [5.74, 6) is 0.917. The maximum absolute atomic E-state index is 10.2. The molecular formula is C16H26N2O2. The van der Waals surface area contributed by atoms with E-state index < -0.39 is 0 Å². The molecule has 1 fully saturated rings. The lowest BCUT2D eigenvalue weighted by molar-refractivity contribution is 0.244. The van der Waals surface area contributed by atoms with Crippen LogP contribution in [0.15, 0.2) is 18.2 Å². The van der Waals surface area contributed by atoms with Crippen molar-refractivity contribution in [3.05, 3.63) is 23.8 Å². The van der Waals surface area contributed by atoms with Gasteiger partial charge in [0.1, 0.15) is 5.75 Å². The van der Waals surface area contributed by atoms with Crippen LogP contribution < -0.4 is 10.2 Å². The summed E-state index contributed by atoms with van der Waals surface area (Å²) in [7, 11) is 1.89. The van der Waals surface area contributed by atoms with Gasteiger partial charge in [-0.1, -0.05) is 6.07 Å². The van der Waals surface area contributed by atoms with E-state index in [2.05, 4.69) is 16.3 Å². The monoisotopic (exact) mass is 278 g/mol. The van der Waals surface area contributed by atoms with Gasteiger partial charge in [0.05, 0.1) is 0 Å². The van der Waals surface area contributed by atoms with Crippen LogP contribution in [0.1, 0.15) is 37.8 Å². The minimum absolute atomic E-state index is 0.146. The van der Waals surface area contributed by atoms with Gasteiger partial charge in [-0.3, -0.25) is 0 Å². The number of benzene rings is 1. The van der Waals surface area contributed by atoms with Gasteiger partial charge >= 0.3 is 0 Å². The van der Waals surface area contributed by atoms with Crippen LogP contribution in [-0.4, -0.2) is 37.0 Å². The van der Waals surface area contributed by atoms with E-state index in [0.717, 1.165) is 37.2 Å². The van der Waals surface area contributed by atoms with Crippen molar-refractivity contribution in [2.75, 3.05) is 31.6 Å². The van der Waals surface area contributed by atoms with Crippen LogP contribution in [0.3, 0.4) is 0 Å². The number of nitrogens with zero attached hydrogens (tertiary/aromatic N) is 1. The Labute approximate surface area is 121 Å². The van der Waals surface area contributed by atoms with Crippen molar-refractivity contribution in [2.24, 2.45) is 5.92 Å².